The number of phenolic OH excluding ortho intramolecular Hbond substituents is 1. The lowest BCUT2D eigenvalue weighted by atomic mass is 9.78. The Morgan fingerprint density at radius 2 is 1.07 bits per heavy atom. The highest BCUT2D eigenvalue weighted by Gasteiger charge is 2.30. The van der Waals surface area contributed by atoms with Crippen LogP contribution in [-0.4, -0.2) is 19.6 Å². The Hall–Kier alpha value is -4.70. The van der Waals surface area contributed by atoms with Gasteiger partial charge in [0.15, 0.2) is 0 Å². The van der Waals surface area contributed by atoms with E-state index in [-0.39, 0.29) is 32.8 Å². The van der Waals surface area contributed by atoms with Crippen LogP contribution in [0.2, 0.25) is 0 Å². The minimum Gasteiger partial charge on any atom is -0.507 e. The highest BCUT2D eigenvalue weighted by Crippen LogP contribution is 2.45. The van der Waals surface area contributed by atoms with E-state index in [1.54, 1.807) is 0 Å². The fourth-order valence-corrected chi connectivity index (χ4v) is 7.25. The summed E-state index contributed by atoms with van der Waals surface area (Å²) in [5, 5.41) is 12.4. The summed E-state index contributed by atoms with van der Waals surface area (Å²) in [7, 11) is 0. The van der Waals surface area contributed by atoms with Gasteiger partial charge in [0.05, 0.1) is 22.3 Å². The van der Waals surface area contributed by atoms with E-state index in [1.807, 2.05) is 12.3 Å². The van der Waals surface area contributed by atoms with Gasteiger partial charge < -0.3 is 5.11 Å². The summed E-state index contributed by atoms with van der Waals surface area (Å²) < 4.78 is 2.30. The molecule has 0 aliphatic heterocycles. The van der Waals surface area contributed by atoms with Crippen molar-refractivity contribution in [1.82, 2.24) is 14.5 Å². The fraction of sp³-hybridized carbons (Fsp3) is 0.412. The molecule has 6 aromatic rings. The molecular weight excluding hydrogens is 671 g/mol. The number of aryl methyl sites for hydroxylation is 1. The Bertz CT molecular complexity index is 2380. The van der Waals surface area contributed by atoms with Crippen molar-refractivity contribution in [2.75, 3.05) is 0 Å². The molecule has 4 nitrogen and oxygen atoms in total. The average molecular weight is 734 g/mol. The van der Waals surface area contributed by atoms with E-state index in [9.17, 15) is 5.11 Å². The number of para-hydroxylation sites is 1. The molecule has 4 heteroatoms. The van der Waals surface area contributed by atoms with E-state index >= 15 is 0 Å². The Balaban J connectivity index is 1.78. The number of pyridine rings is 1. The van der Waals surface area contributed by atoms with Crippen LogP contribution >= 0.6 is 0 Å². The SMILES string of the molecule is Cc1ccnc(-c2cc(-c3cccc4c3nc(-c3cc(C(C)(C)C)cc(C(C)(C)C)c3O)n4-c3cc(C(C)(C)C)cc(C(C)(C)C)c3)cc(C(C)(C)C)c2)c1. The molecule has 0 saturated heterocycles. The molecule has 288 valence electrons. The lowest BCUT2D eigenvalue weighted by Crippen LogP contribution is -2.18. The van der Waals surface area contributed by atoms with Crippen molar-refractivity contribution in [2.45, 2.75) is 138 Å². The molecule has 6 rings (SSSR count). The van der Waals surface area contributed by atoms with Crippen molar-refractivity contribution in [1.29, 1.82) is 0 Å². The topological polar surface area (TPSA) is 50.9 Å². The van der Waals surface area contributed by atoms with Crippen molar-refractivity contribution in [2.24, 2.45) is 0 Å². The highest BCUT2D eigenvalue weighted by atomic mass is 16.3. The standard InChI is InChI=1S/C51H63N3O/c1-31-20-21-52-42(22-31)33-23-32(24-34(25-33)47(2,3)4)39-18-17-19-43-44(39)53-46(40-29-37(50(11,12)13)30-41(45(40)55)51(14,15)16)54(43)38-27-35(48(5,6)7)26-36(28-38)49(8,9)10/h17-30,55H,1-16H3. The van der Waals surface area contributed by atoms with Crippen LogP contribution in [0.1, 0.15) is 137 Å². The molecule has 2 heterocycles. The third-order valence-corrected chi connectivity index (χ3v) is 10.9. The number of imidazole rings is 1. The summed E-state index contributed by atoms with van der Waals surface area (Å²) in [6, 6.07) is 29.0. The zero-order chi connectivity index (χ0) is 40.6. The first-order chi connectivity index (χ1) is 25.2. The lowest BCUT2D eigenvalue weighted by Gasteiger charge is -2.28. The summed E-state index contributed by atoms with van der Waals surface area (Å²) in [5.41, 5.74) is 14.2. The van der Waals surface area contributed by atoms with Crippen molar-refractivity contribution in [3.05, 3.63) is 118 Å². The van der Waals surface area contributed by atoms with E-state index < -0.39 is 0 Å². The third kappa shape index (κ3) is 8.02. The molecule has 2 aromatic heterocycles. The Morgan fingerprint density at radius 3 is 1.62 bits per heavy atom. The molecule has 0 spiro atoms. The lowest BCUT2D eigenvalue weighted by molar-refractivity contribution is 0.446. The zero-order valence-corrected chi connectivity index (χ0v) is 36.4. The van der Waals surface area contributed by atoms with Gasteiger partial charge in [0.2, 0.25) is 0 Å². The average Bonchev–Trinajstić information content (AvgIpc) is 3.45. The van der Waals surface area contributed by atoms with Crippen LogP contribution in [0.15, 0.2) is 85.1 Å². The summed E-state index contributed by atoms with van der Waals surface area (Å²) >= 11 is 0. The predicted octanol–water partition coefficient (Wildman–Crippen LogP) is 13.9. The molecule has 0 saturated carbocycles. The van der Waals surface area contributed by atoms with E-state index in [0.717, 1.165) is 61.6 Å². The molecule has 0 amide bonds. The molecule has 0 unspecified atom stereocenters. The van der Waals surface area contributed by atoms with Crippen LogP contribution in [0, 0.1) is 6.92 Å². The number of hydrogen-bond donors (Lipinski definition) is 1. The van der Waals surface area contributed by atoms with Crippen molar-refractivity contribution < 1.29 is 5.11 Å². The molecular formula is C51H63N3O. The number of phenols is 1. The van der Waals surface area contributed by atoms with Crippen LogP contribution in [0.3, 0.4) is 0 Å². The second kappa shape index (κ2) is 13.5. The van der Waals surface area contributed by atoms with Crippen LogP contribution in [0.5, 0.6) is 5.75 Å². The number of benzene rings is 4. The predicted molar refractivity (Wildman–Crippen MR) is 235 cm³/mol. The summed E-state index contributed by atoms with van der Waals surface area (Å²) in [5.74, 6) is 1.01. The quantitative estimate of drug-likeness (QED) is 0.196. The number of hydrogen-bond acceptors (Lipinski definition) is 3. The third-order valence-electron chi connectivity index (χ3n) is 10.9. The number of aromatic nitrogens is 3. The number of aromatic hydroxyl groups is 1. The molecule has 4 aromatic carbocycles. The van der Waals surface area contributed by atoms with Gasteiger partial charge in [-0.15, -0.1) is 0 Å². The van der Waals surface area contributed by atoms with Gasteiger partial charge in [-0.05, 0) is 116 Å². The molecule has 0 aliphatic carbocycles. The summed E-state index contributed by atoms with van der Waals surface area (Å²) in [6.07, 6.45) is 1.89. The van der Waals surface area contributed by atoms with Gasteiger partial charge in [-0.1, -0.05) is 134 Å². The Labute approximate surface area is 331 Å². The van der Waals surface area contributed by atoms with E-state index in [2.05, 4.69) is 188 Å². The second-order valence-corrected chi connectivity index (χ2v) is 20.9. The largest absolute Gasteiger partial charge is 0.507 e. The first-order valence-corrected chi connectivity index (χ1v) is 19.9. The molecule has 55 heavy (non-hydrogen) atoms. The first kappa shape index (κ1) is 40.0. The van der Waals surface area contributed by atoms with E-state index in [4.69, 9.17) is 9.97 Å². The second-order valence-electron chi connectivity index (χ2n) is 20.9. The van der Waals surface area contributed by atoms with Crippen molar-refractivity contribution >= 4 is 11.0 Å². The molecule has 0 bridgehead atoms. The number of fused-ring (bicyclic) bond motifs is 1. The first-order valence-electron chi connectivity index (χ1n) is 19.9. The van der Waals surface area contributed by atoms with Gasteiger partial charge in [-0.2, -0.15) is 0 Å². The van der Waals surface area contributed by atoms with Crippen molar-refractivity contribution in [3.63, 3.8) is 0 Å². The normalized spacial score (nSPS) is 13.2. The summed E-state index contributed by atoms with van der Waals surface area (Å²) in [6.45, 7) is 35.8. The van der Waals surface area contributed by atoms with Crippen molar-refractivity contribution in [3.8, 4) is 45.2 Å². The molecule has 0 atom stereocenters. The Morgan fingerprint density at radius 1 is 0.527 bits per heavy atom. The van der Waals surface area contributed by atoms with Crippen LogP contribution in [0.25, 0.3) is 50.5 Å². The molecule has 0 aliphatic rings. The van der Waals surface area contributed by atoms with Crippen LogP contribution < -0.4 is 0 Å². The van der Waals surface area contributed by atoms with Gasteiger partial charge in [0.25, 0.3) is 0 Å². The van der Waals surface area contributed by atoms with Gasteiger partial charge >= 0.3 is 0 Å². The minimum absolute atomic E-state index is 0.0843. The zero-order valence-electron chi connectivity index (χ0n) is 36.4. The van der Waals surface area contributed by atoms with E-state index in [1.165, 1.54) is 22.3 Å². The van der Waals surface area contributed by atoms with Gasteiger partial charge in [0, 0.05) is 28.6 Å². The van der Waals surface area contributed by atoms with Gasteiger partial charge in [-0.3, -0.25) is 9.55 Å². The maximum atomic E-state index is 12.4. The molecule has 1 N–H and O–H groups in total. The monoisotopic (exact) mass is 733 g/mol. The number of nitrogens with zero attached hydrogens (tertiary/aromatic N) is 3. The Kier molecular flexibility index (Phi) is 9.81. The smallest absolute Gasteiger partial charge is 0.149 e. The van der Waals surface area contributed by atoms with Crippen LogP contribution in [-0.2, 0) is 27.1 Å². The minimum atomic E-state index is -0.290. The molecule has 0 fully saturated rings. The maximum Gasteiger partial charge on any atom is 0.149 e. The van der Waals surface area contributed by atoms with Crippen LogP contribution in [0.4, 0.5) is 0 Å². The molecule has 0 radical (unpaired) electrons. The number of rotatable bonds is 4. The summed E-state index contributed by atoms with van der Waals surface area (Å²) in [4.78, 5) is 10.4. The highest BCUT2D eigenvalue weighted by molar-refractivity contribution is 5.97. The maximum absolute atomic E-state index is 12.4. The van der Waals surface area contributed by atoms with Gasteiger partial charge in [-0.25, -0.2) is 4.98 Å². The van der Waals surface area contributed by atoms with E-state index in [0.29, 0.717) is 0 Å². The van der Waals surface area contributed by atoms with Gasteiger partial charge in [0.1, 0.15) is 11.6 Å². The fourth-order valence-electron chi connectivity index (χ4n) is 7.25.